The first-order chi connectivity index (χ1) is 8.98. The lowest BCUT2D eigenvalue weighted by molar-refractivity contribution is 0.115. The normalized spacial score (nSPS) is 13.9. The Kier molecular flexibility index (Phi) is 12.7. The smallest absolute Gasteiger partial charge is 0.410 e. The highest BCUT2D eigenvalue weighted by Crippen LogP contribution is 2.44. The van der Waals surface area contributed by atoms with E-state index in [0.717, 1.165) is 25.5 Å². The lowest BCUT2D eigenvalue weighted by Crippen LogP contribution is -2.00. The summed E-state index contributed by atoms with van der Waals surface area (Å²) in [5.74, 6) is 0. The number of hydrogen-bond acceptors (Lipinski definition) is 5. The number of phosphoric ester groups is 1. The first-order valence-corrected chi connectivity index (χ1v) is 8.91. The Labute approximate surface area is 130 Å². The Morgan fingerprint density at radius 3 is 2.26 bits per heavy atom. The largest absolute Gasteiger partial charge is 0.526 e. The fourth-order valence-corrected chi connectivity index (χ4v) is 2.18. The molecule has 0 aliphatic carbocycles. The van der Waals surface area contributed by atoms with E-state index in [0.29, 0.717) is 23.0 Å². The third-order valence-electron chi connectivity index (χ3n) is 1.91. The molecule has 0 amide bonds. The molecule has 6 nitrogen and oxygen atoms in total. The van der Waals surface area contributed by atoms with Crippen LogP contribution in [-0.4, -0.2) is 36.4 Å². The highest BCUT2D eigenvalue weighted by atomic mass is 79.9. The van der Waals surface area contributed by atoms with Gasteiger partial charge in [0.1, 0.15) is 6.26 Å². The van der Waals surface area contributed by atoms with Crippen LogP contribution in [0.2, 0.25) is 0 Å². The molecule has 0 aromatic heterocycles. The average Bonchev–Trinajstić information content (AvgIpc) is 2.34. The van der Waals surface area contributed by atoms with Crippen molar-refractivity contribution in [2.75, 3.05) is 26.4 Å². The molecule has 0 aliphatic heterocycles. The predicted octanol–water partition coefficient (Wildman–Crippen LogP) is 3.28. The van der Waals surface area contributed by atoms with E-state index in [1.54, 1.807) is 0 Å². The zero-order valence-corrected chi connectivity index (χ0v) is 14.5. The number of aliphatic hydroxyl groups excluding tert-OH is 1. The number of hydrogen-bond donors (Lipinski definition) is 2. The molecule has 0 radical (unpaired) electrons. The van der Waals surface area contributed by atoms with Crippen molar-refractivity contribution >= 4 is 39.7 Å². The summed E-state index contributed by atoms with van der Waals surface area (Å²) in [5, 5.41) is 8.55. The summed E-state index contributed by atoms with van der Waals surface area (Å²) in [7, 11) is -4.02. The van der Waals surface area contributed by atoms with Gasteiger partial charge >= 0.3 is 7.82 Å². The van der Waals surface area contributed by atoms with Crippen LogP contribution < -0.4 is 0 Å². The fraction of sp³-hybridized carbons (Fsp3) is 0.800. The van der Waals surface area contributed by atoms with Crippen LogP contribution in [0.25, 0.3) is 0 Å². The van der Waals surface area contributed by atoms with Crippen LogP contribution in [0.3, 0.4) is 0 Å². The maximum absolute atomic E-state index is 11.3. The highest BCUT2D eigenvalue weighted by molar-refractivity contribution is 9.28. The van der Waals surface area contributed by atoms with E-state index in [1.807, 2.05) is 0 Å². The minimum atomic E-state index is -4.02. The Hall–Kier alpha value is 0.570. The van der Waals surface area contributed by atoms with Gasteiger partial charge in [0.25, 0.3) is 0 Å². The van der Waals surface area contributed by atoms with E-state index in [9.17, 15) is 9.46 Å². The molecule has 0 fully saturated rings. The predicted molar refractivity (Wildman–Crippen MR) is 79.2 cm³/mol. The molecule has 0 spiro atoms. The van der Waals surface area contributed by atoms with Crippen molar-refractivity contribution in [3.8, 4) is 0 Å². The van der Waals surface area contributed by atoms with Crippen LogP contribution in [-0.2, 0) is 18.3 Å². The van der Waals surface area contributed by atoms with Gasteiger partial charge in [0, 0.05) is 19.8 Å². The average molecular weight is 426 g/mol. The van der Waals surface area contributed by atoms with Gasteiger partial charge in [-0.1, -0.05) is 0 Å². The summed E-state index contributed by atoms with van der Waals surface area (Å²) >= 11 is 5.98. The summed E-state index contributed by atoms with van der Waals surface area (Å²) in [5.41, 5.74) is 0. The van der Waals surface area contributed by atoms with Gasteiger partial charge in [-0.25, -0.2) is 4.57 Å². The second kappa shape index (κ2) is 12.3. The molecule has 9 heteroatoms. The zero-order chi connectivity index (χ0) is 14.6. The molecule has 0 aromatic carbocycles. The third kappa shape index (κ3) is 14.8. The number of halogens is 2. The second-order valence-corrected chi connectivity index (χ2v) is 7.74. The maximum Gasteiger partial charge on any atom is 0.526 e. The van der Waals surface area contributed by atoms with Gasteiger partial charge in [-0.3, -0.25) is 9.42 Å². The van der Waals surface area contributed by atoms with Gasteiger partial charge in [0.2, 0.25) is 0 Å². The van der Waals surface area contributed by atoms with Crippen molar-refractivity contribution in [2.24, 2.45) is 0 Å². The molecule has 19 heavy (non-hydrogen) atoms. The molecule has 1 atom stereocenters. The van der Waals surface area contributed by atoms with Gasteiger partial charge in [-0.05, 0) is 57.5 Å². The topological polar surface area (TPSA) is 85.2 Å². The van der Waals surface area contributed by atoms with E-state index >= 15 is 0 Å². The van der Waals surface area contributed by atoms with Gasteiger partial charge in [0.15, 0.2) is 0 Å². The lowest BCUT2D eigenvalue weighted by Gasteiger charge is -2.10. The van der Waals surface area contributed by atoms with E-state index in [4.69, 9.17) is 14.4 Å². The molecular weight excluding hydrogens is 407 g/mol. The summed E-state index contributed by atoms with van der Waals surface area (Å²) in [6, 6.07) is 0. The summed E-state index contributed by atoms with van der Waals surface area (Å²) in [6.07, 6.45) is 3.96. The summed E-state index contributed by atoms with van der Waals surface area (Å²) < 4.78 is 26.3. The number of rotatable bonds is 12. The molecule has 0 aromatic rings. The van der Waals surface area contributed by atoms with E-state index in [1.165, 1.54) is 0 Å². The van der Waals surface area contributed by atoms with Crippen LogP contribution in [0.1, 0.15) is 25.7 Å². The maximum atomic E-state index is 11.3. The van der Waals surface area contributed by atoms with E-state index < -0.39 is 7.82 Å². The van der Waals surface area contributed by atoms with Crippen LogP contribution in [0.15, 0.2) is 9.65 Å². The number of ether oxygens (including phenoxy) is 1. The standard InChI is InChI=1S/C10H19Br2O6P/c11-10(12)9-18-19(14,15)17-8-4-3-7-16-6-2-1-5-13/h9,13H,1-8H2,(H,14,15). The monoisotopic (exact) mass is 424 g/mol. The van der Waals surface area contributed by atoms with Crippen molar-refractivity contribution < 1.29 is 28.3 Å². The van der Waals surface area contributed by atoms with Gasteiger partial charge in [-0.2, -0.15) is 0 Å². The Bertz CT molecular complexity index is 296. The SMILES string of the molecule is O=P(O)(OC=C(Br)Br)OCCCCOCCCCO. The lowest BCUT2D eigenvalue weighted by atomic mass is 10.3. The molecule has 0 saturated carbocycles. The molecule has 0 heterocycles. The molecule has 2 N–H and O–H groups in total. The Morgan fingerprint density at radius 1 is 1.11 bits per heavy atom. The minimum Gasteiger partial charge on any atom is -0.410 e. The third-order valence-corrected chi connectivity index (χ3v) is 3.16. The Morgan fingerprint density at radius 2 is 1.68 bits per heavy atom. The second-order valence-electron chi connectivity index (χ2n) is 3.56. The van der Waals surface area contributed by atoms with Crippen molar-refractivity contribution in [3.05, 3.63) is 9.65 Å². The molecule has 0 bridgehead atoms. The molecule has 0 rings (SSSR count). The van der Waals surface area contributed by atoms with Crippen LogP contribution in [0.5, 0.6) is 0 Å². The van der Waals surface area contributed by atoms with Crippen LogP contribution in [0.4, 0.5) is 0 Å². The van der Waals surface area contributed by atoms with Crippen molar-refractivity contribution in [1.82, 2.24) is 0 Å². The van der Waals surface area contributed by atoms with Crippen LogP contribution in [0, 0.1) is 0 Å². The van der Waals surface area contributed by atoms with Gasteiger partial charge < -0.3 is 14.4 Å². The van der Waals surface area contributed by atoms with Crippen LogP contribution >= 0.6 is 39.7 Å². The first-order valence-electron chi connectivity index (χ1n) is 5.83. The fourth-order valence-electron chi connectivity index (χ4n) is 1.04. The summed E-state index contributed by atoms with van der Waals surface area (Å²) in [4.78, 5) is 9.23. The molecule has 114 valence electrons. The molecule has 0 aliphatic rings. The molecule has 1 unspecified atom stereocenters. The van der Waals surface area contributed by atoms with Crippen molar-refractivity contribution in [3.63, 3.8) is 0 Å². The molecular formula is C10H19Br2O6P. The zero-order valence-electron chi connectivity index (χ0n) is 10.5. The van der Waals surface area contributed by atoms with Crippen molar-refractivity contribution in [2.45, 2.75) is 25.7 Å². The van der Waals surface area contributed by atoms with Gasteiger partial charge in [0.05, 0.1) is 10.00 Å². The van der Waals surface area contributed by atoms with Gasteiger partial charge in [-0.15, -0.1) is 0 Å². The van der Waals surface area contributed by atoms with E-state index in [-0.39, 0.29) is 13.2 Å². The molecule has 0 saturated heterocycles. The number of aliphatic hydroxyl groups is 1. The van der Waals surface area contributed by atoms with Crippen molar-refractivity contribution in [1.29, 1.82) is 0 Å². The highest BCUT2D eigenvalue weighted by Gasteiger charge is 2.20. The minimum absolute atomic E-state index is 0.127. The Balaban J connectivity index is 3.43. The number of phosphoric acid groups is 1. The quantitative estimate of drug-likeness (QED) is 0.283. The van der Waals surface area contributed by atoms with E-state index in [2.05, 4.69) is 36.4 Å². The number of unbranched alkanes of at least 4 members (excludes halogenated alkanes) is 2. The first kappa shape index (κ1) is 19.6. The summed E-state index contributed by atoms with van der Waals surface area (Å²) in [6.45, 7) is 1.49.